The molecule has 4 rings (SSSR count). The number of likely N-dealkylation sites (tertiary alicyclic amines) is 1. The third-order valence-corrected chi connectivity index (χ3v) is 4.50. The molecule has 2 aromatic heterocycles. The van der Waals surface area contributed by atoms with E-state index in [1.54, 1.807) is 6.20 Å². The van der Waals surface area contributed by atoms with Crippen molar-refractivity contribution in [3.63, 3.8) is 0 Å². The molecule has 0 unspecified atom stereocenters. The highest BCUT2D eigenvalue weighted by Gasteiger charge is 2.37. The topological polar surface area (TPSA) is 79.0 Å². The third kappa shape index (κ3) is 2.88. The van der Waals surface area contributed by atoms with Gasteiger partial charge in [0.05, 0.1) is 11.4 Å². The average Bonchev–Trinajstić information content (AvgIpc) is 3.31. The number of carbonyl (C=O) groups is 1. The van der Waals surface area contributed by atoms with Gasteiger partial charge < -0.3 is 9.88 Å². The van der Waals surface area contributed by atoms with Gasteiger partial charge in [0, 0.05) is 37.2 Å². The Bertz CT molecular complexity index is 783. The normalized spacial score (nSPS) is 20.7. The molecule has 2 aromatic rings. The molecule has 3 heterocycles. The number of hydrogen-bond donors (Lipinski definition) is 1. The van der Waals surface area contributed by atoms with Gasteiger partial charge in [-0.25, -0.2) is 4.98 Å². The first kappa shape index (κ1) is 14.1. The van der Waals surface area contributed by atoms with E-state index in [2.05, 4.69) is 15.0 Å². The highest BCUT2D eigenvalue weighted by Crippen LogP contribution is 2.34. The molecule has 0 bridgehead atoms. The van der Waals surface area contributed by atoms with Gasteiger partial charge in [0.2, 0.25) is 5.91 Å². The van der Waals surface area contributed by atoms with E-state index >= 15 is 0 Å². The molecule has 1 N–H and O–H groups in total. The van der Waals surface area contributed by atoms with Crippen LogP contribution in [0.15, 0.2) is 35.3 Å². The van der Waals surface area contributed by atoms with Crippen LogP contribution in [0.25, 0.3) is 11.4 Å². The van der Waals surface area contributed by atoms with Gasteiger partial charge in [-0.05, 0) is 31.4 Å². The number of carbonyl (C=O) groups excluding carboxylic acids is 1. The highest BCUT2D eigenvalue weighted by atomic mass is 16.2. The zero-order valence-electron chi connectivity index (χ0n) is 12.7. The standard InChI is InChI=1S/C17H18N4O2/c22-15-9-14(13-3-1-2-7-18-13)19-16(20-15)12-6-8-21(10-12)17(23)11-4-5-11/h1-3,7,9,11-12H,4-6,8,10H2,(H,19,20,22)/t12-/m1/s1. The zero-order valence-corrected chi connectivity index (χ0v) is 12.7. The summed E-state index contributed by atoms with van der Waals surface area (Å²) >= 11 is 0. The monoisotopic (exact) mass is 310 g/mol. The number of aromatic nitrogens is 3. The Balaban J connectivity index is 1.58. The number of aromatic amines is 1. The Morgan fingerprint density at radius 1 is 1.22 bits per heavy atom. The Hall–Kier alpha value is -2.50. The molecule has 2 fully saturated rings. The molecule has 1 aliphatic heterocycles. The summed E-state index contributed by atoms with van der Waals surface area (Å²) < 4.78 is 0. The fourth-order valence-corrected chi connectivity index (χ4v) is 3.09. The Kier molecular flexibility index (Phi) is 3.44. The van der Waals surface area contributed by atoms with E-state index in [-0.39, 0.29) is 23.3 Å². The van der Waals surface area contributed by atoms with Crippen LogP contribution in [0.3, 0.4) is 0 Å². The van der Waals surface area contributed by atoms with Crippen molar-refractivity contribution >= 4 is 5.91 Å². The van der Waals surface area contributed by atoms with Crippen molar-refractivity contribution in [2.24, 2.45) is 5.92 Å². The van der Waals surface area contributed by atoms with E-state index in [9.17, 15) is 9.59 Å². The predicted octanol–water partition coefficient (Wildman–Crippen LogP) is 1.56. The van der Waals surface area contributed by atoms with Gasteiger partial charge in [0.25, 0.3) is 5.56 Å². The average molecular weight is 310 g/mol. The van der Waals surface area contributed by atoms with Crippen molar-refractivity contribution in [2.75, 3.05) is 13.1 Å². The Labute approximate surface area is 133 Å². The minimum atomic E-state index is -0.178. The van der Waals surface area contributed by atoms with Crippen LogP contribution in [-0.4, -0.2) is 38.8 Å². The molecule has 0 radical (unpaired) electrons. The van der Waals surface area contributed by atoms with Crippen molar-refractivity contribution in [1.82, 2.24) is 19.9 Å². The molecule has 1 saturated heterocycles. The van der Waals surface area contributed by atoms with Crippen LogP contribution >= 0.6 is 0 Å². The largest absolute Gasteiger partial charge is 0.342 e. The van der Waals surface area contributed by atoms with Gasteiger partial charge in [0.15, 0.2) is 0 Å². The van der Waals surface area contributed by atoms with Crippen molar-refractivity contribution in [3.05, 3.63) is 46.6 Å². The minimum absolute atomic E-state index is 0.0917. The second-order valence-corrected chi connectivity index (χ2v) is 6.27. The van der Waals surface area contributed by atoms with Crippen LogP contribution < -0.4 is 5.56 Å². The molecule has 0 aromatic carbocycles. The Morgan fingerprint density at radius 2 is 2.09 bits per heavy atom. The lowest BCUT2D eigenvalue weighted by atomic mass is 10.1. The number of nitrogens with zero attached hydrogens (tertiary/aromatic N) is 3. The first-order chi connectivity index (χ1) is 11.2. The summed E-state index contributed by atoms with van der Waals surface area (Å²) in [5.74, 6) is 1.25. The van der Waals surface area contributed by atoms with E-state index < -0.39 is 0 Å². The number of H-pyrrole nitrogens is 1. The van der Waals surface area contributed by atoms with Gasteiger partial charge in [-0.1, -0.05) is 6.07 Å². The first-order valence-electron chi connectivity index (χ1n) is 8.02. The number of nitrogens with one attached hydrogen (secondary N) is 1. The number of pyridine rings is 1. The molecule has 118 valence electrons. The van der Waals surface area contributed by atoms with Crippen molar-refractivity contribution in [1.29, 1.82) is 0 Å². The maximum absolute atomic E-state index is 12.2. The lowest BCUT2D eigenvalue weighted by molar-refractivity contribution is -0.131. The lowest BCUT2D eigenvalue weighted by Crippen LogP contribution is -2.30. The molecule has 6 nitrogen and oxygen atoms in total. The number of rotatable bonds is 3. The van der Waals surface area contributed by atoms with Gasteiger partial charge in [-0.15, -0.1) is 0 Å². The van der Waals surface area contributed by atoms with Crippen LogP contribution in [0.4, 0.5) is 0 Å². The van der Waals surface area contributed by atoms with Gasteiger partial charge in [0.1, 0.15) is 5.82 Å². The molecule has 6 heteroatoms. The second kappa shape index (κ2) is 5.61. The lowest BCUT2D eigenvalue weighted by Gasteiger charge is -2.16. The molecule has 23 heavy (non-hydrogen) atoms. The van der Waals surface area contributed by atoms with Crippen LogP contribution in [-0.2, 0) is 4.79 Å². The van der Waals surface area contributed by atoms with E-state index in [4.69, 9.17) is 0 Å². The van der Waals surface area contributed by atoms with Gasteiger partial charge in [-0.2, -0.15) is 0 Å². The summed E-state index contributed by atoms with van der Waals surface area (Å²) in [4.78, 5) is 37.7. The smallest absolute Gasteiger partial charge is 0.251 e. The SMILES string of the molecule is O=C(C1CC1)N1CC[C@@H](c2nc(-c3ccccn3)cc(=O)[nH]2)C1. The highest BCUT2D eigenvalue weighted by molar-refractivity contribution is 5.81. The molecule has 1 atom stereocenters. The maximum Gasteiger partial charge on any atom is 0.251 e. The molecule has 1 saturated carbocycles. The van der Waals surface area contributed by atoms with Crippen molar-refractivity contribution < 1.29 is 4.79 Å². The number of hydrogen-bond acceptors (Lipinski definition) is 4. The first-order valence-corrected chi connectivity index (χ1v) is 8.02. The molecular weight excluding hydrogens is 292 g/mol. The predicted molar refractivity (Wildman–Crippen MR) is 84.8 cm³/mol. The molecule has 1 aliphatic carbocycles. The summed E-state index contributed by atoms with van der Waals surface area (Å²) in [5, 5.41) is 0. The van der Waals surface area contributed by atoms with Crippen LogP contribution in [0, 0.1) is 5.92 Å². The maximum atomic E-state index is 12.2. The van der Waals surface area contributed by atoms with Gasteiger partial charge in [-0.3, -0.25) is 14.6 Å². The number of amides is 1. The summed E-state index contributed by atoms with van der Waals surface area (Å²) in [5.41, 5.74) is 1.09. The molecule has 2 aliphatic rings. The third-order valence-electron chi connectivity index (χ3n) is 4.50. The molecular formula is C17H18N4O2. The quantitative estimate of drug-likeness (QED) is 0.933. The fourth-order valence-electron chi connectivity index (χ4n) is 3.09. The van der Waals surface area contributed by atoms with E-state index in [1.165, 1.54) is 6.07 Å². The summed E-state index contributed by atoms with van der Waals surface area (Å²) in [6, 6.07) is 7.00. The van der Waals surface area contributed by atoms with Crippen LogP contribution in [0.1, 0.15) is 31.0 Å². The summed E-state index contributed by atoms with van der Waals surface area (Å²) in [7, 11) is 0. The molecule has 1 amide bonds. The van der Waals surface area contributed by atoms with Crippen LogP contribution in [0.5, 0.6) is 0 Å². The van der Waals surface area contributed by atoms with Crippen molar-refractivity contribution in [2.45, 2.75) is 25.2 Å². The minimum Gasteiger partial charge on any atom is -0.342 e. The van der Waals surface area contributed by atoms with Crippen LogP contribution in [0.2, 0.25) is 0 Å². The Morgan fingerprint density at radius 3 is 2.83 bits per heavy atom. The second-order valence-electron chi connectivity index (χ2n) is 6.27. The fraction of sp³-hybridized carbons (Fsp3) is 0.412. The summed E-state index contributed by atoms with van der Waals surface area (Å²) in [6.07, 6.45) is 4.56. The van der Waals surface area contributed by atoms with Gasteiger partial charge >= 0.3 is 0 Å². The van der Waals surface area contributed by atoms with E-state index in [0.717, 1.165) is 25.8 Å². The van der Waals surface area contributed by atoms with E-state index in [1.807, 2.05) is 23.1 Å². The molecule has 0 spiro atoms. The zero-order chi connectivity index (χ0) is 15.8. The van der Waals surface area contributed by atoms with Crippen molar-refractivity contribution in [3.8, 4) is 11.4 Å². The van der Waals surface area contributed by atoms with E-state index in [0.29, 0.717) is 23.8 Å². The summed E-state index contributed by atoms with van der Waals surface area (Å²) in [6.45, 7) is 1.39.